The van der Waals surface area contributed by atoms with Crippen LogP contribution < -0.4 is 10.1 Å². The number of ketones is 1. The molecule has 0 atom stereocenters. The molecule has 0 heterocycles. The molecule has 0 aliphatic heterocycles. The highest BCUT2D eigenvalue weighted by Gasteiger charge is 2.15. The number of methoxy groups -OCH3 is 1. The average Bonchev–Trinajstić information content (AvgIpc) is 2.59. The van der Waals surface area contributed by atoms with E-state index in [0.29, 0.717) is 11.3 Å². The minimum Gasteiger partial charge on any atom is -0.497 e. The van der Waals surface area contributed by atoms with E-state index in [-0.39, 0.29) is 29.9 Å². The molecule has 0 bridgehead atoms. The van der Waals surface area contributed by atoms with Crippen molar-refractivity contribution in [1.82, 2.24) is 0 Å². The number of benzene rings is 2. The van der Waals surface area contributed by atoms with Crippen molar-refractivity contribution >= 4 is 17.4 Å². The summed E-state index contributed by atoms with van der Waals surface area (Å²) in [7, 11) is 1.59. The molecule has 4 heteroatoms. The van der Waals surface area contributed by atoms with E-state index in [2.05, 4.69) is 26.1 Å². The molecule has 0 aliphatic rings. The third-order valence-electron chi connectivity index (χ3n) is 4.03. The summed E-state index contributed by atoms with van der Waals surface area (Å²) in [6.45, 7) is 6.40. The number of hydrogen-bond acceptors (Lipinski definition) is 3. The highest BCUT2D eigenvalue weighted by atomic mass is 16.5. The molecular weight excluding hydrogens is 314 g/mol. The lowest BCUT2D eigenvalue weighted by Gasteiger charge is -2.18. The van der Waals surface area contributed by atoms with Gasteiger partial charge in [0.25, 0.3) is 0 Å². The smallest absolute Gasteiger partial charge is 0.224 e. The molecule has 0 aliphatic carbocycles. The molecule has 132 valence electrons. The maximum atomic E-state index is 12.2. The van der Waals surface area contributed by atoms with Crippen LogP contribution >= 0.6 is 0 Å². The van der Waals surface area contributed by atoms with E-state index in [1.165, 1.54) is 5.56 Å². The summed E-state index contributed by atoms with van der Waals surface area (Å²) in [5.74, 6) is 0.530. The highest BCUT2D eigenvalue weighted by Crippen LogP contribution is 2.22. The highest BCUT2D eigenvalue weighted by molar-refractivity contribution is 6.00. The van der Waals surface area contributed by atoms with Crippen LogP contribution in [0.25, 0.3) is 0 Å². The lowest BCUT2D eigenvalue weighted by atomic mass is 9.86. The van der Waals surface area contributed by atoms with E-state index in [1.807, 2.05) is 24.3 Å². The van der Waals surface area contributed by atoms with Crippen molar-refractivity contribution in [2.75, 3.05) is 12.4 Å². The summed E-state index contributed by atoms with van der Waals surface area (Å²) in [5, 5.41) is 2.78. The zero-order chi connectivity index (χ0) is 18.4. The molecule has 25 heavy (non-hydrogen) atoms. The molecule has 0 aromatic heterocycles. The normalized spacial score (nSPS) is 11.0. The van der Waals surface area contributed by atoms with E-state index < -0.39 is 0 Å². The van der Waals surface area contributed by atoms with Gasteiger partial charge in [-0.2, -0.15) is 0 Å². The van der Waals surface area contributed by atoms with Gasteiger partial charge in [-0.3, -0.25) is 9.59 Å². The number of nitrogens with one attached hydrogen (secondary N) is 1. The van der Waals surface area contributed by atoms with Crippen molar-refractivity contribution in [2.24, 2.45) is 0 Å². The molecule has 2 rings (SSSR count). The minimum atomic E-state index is -0.176. The number of carbonyl (C=O) groups excluding carboxylic acids is 2. The van der Waals surface area contributed by atoms with E-state index >= 15 is 0 Å². The Morgan fingerprint density at radius 3 is 2.04 bits per heavy atom. The van der Waals surface area contributed by atoms with Crippen LogP contribution in [0.15, 0.2) is 48.5 Å². The summed E-state index contributed by atoms with van der Waals surface area (Å²) in [4.78, 5) is 24.2. The molecule has 0 unspecified atom stereocenters. The van der Waals surface area contributed by atoms with Crippen LogP contribution in [0.4, 0.5) is 5.69 Å². The van der Waals surface area contributed by atoms with Crippen LogP contribution in [-0.2, 0) is 10.2 Å². The Labute approximate surface area is 149 Å². The number of carbonyl (C=O) groups is 2. The molecule has 2 aromatic rings. The third-order valence-corrected chi connectivity index (χ3v) is 4.03. The lowest BCUT2D eigenvalue weighted by Crippen LogP contribution is -2.14. The molecule has 1 amide bonds. The summed E-state index contributed by atoms with van der Waals surface area (Å²) in [6, 6.07) is 14.7. The Bertz CT molecular complexity index is 725. The second kappa shape index (κ2) is 7.97. The predicted molar refractivity (Wildman–Crippen MR) is 100 cm³/mol. The Kier molecular flexibility index (Phi) is 5.97. The van der Waals surface area contributed by atoms with E-state index in [0.717, 1.165) is 5.75 Å². The van der Waals surface area contributed by atoms with Crippen LogP contribution in [-0.4, -0.2) is 18.8 Å². The molecule has 0 spiro atoms. The molecular formula is C21H25NO3. The van der Waals surface area contributed by atoms with Crippen LogP contribution in [0.3, 0.4) is 0 Å². The largest absolute Gasteiger partial charge is 0.497 e. The van der Waals surface area contributed by atoms with Crippen molar-refractivity contribution < 1.29 is 14.3 Å². The van der Waals surface area contributed by atoms with Gasteiger partial charge in [0.1, 0.15) is 5.75 Å². The SMILES string of the molecule is COc1ccc(NC(=O)CCC(=O)c2ccc(C(C)(C)C)cc2)cc1. The van der Waals surface area contributed by atoms with Gasteiger partial charge < -0.3 is 10.1 Å². The number of ether oxygens (including phenoxy) is 1. The molecule has 0 fully saturated rings. The van der Waals surface area contributed by atoms with Crippen molar-refractivity contribution in [3.05, 3.63) is 59.7 Å². The summed E-state index contributed by atoms with van der Waals surface area (Å²) >= 11 is 0. The molecule has 4 nitrogen and oxygen atoms in total. The molecule has 0 saturated heterocycles. The molecule has 0 radical (unpaired) electrons. The third kappa shape index (κ3) is 5.45. The Balaban J connectivity index is 1.87. The first-order valence-electron chi connectivity index (χ1n) is 8.37. The van der Waals surface area contributed by atoms with Gasteiger partial charge in [-0.25, -0.2) is 0 Å². The first kappa shape index (κ1) is 18.7. The van der Waals surface area contributed by atoms with Gasteiger partial charge in [0.2, 0.25) is 5.91 Å². The zero-order valence-electron chi connectivity index (χ0n) is 15.3. The van der Waals surface area contributed by atoms with Gasteiger partial charge in [0, 0.05) is 24.1 Å². The first-order valence-corrected chi connectivity index (χ1v) is 8.37. The fraction of sp³-hybridized carbons (Fsp3) is 0.333. The van der Waals surface area contributed by atoms with Crippen molar-refractivity contribution in [1.29, 1.82) is 0 Å². The van der Waals surface area contributed by atoms with Crippen molar-refractivity contribution in [3.8, 4) is 5.75 Å². The maximum absolute atomic E-state index is 12.2. The maximum Gasteiger partial charge on any atom is 0.224 e. The van der Waals surface area contributed by atoms with Gasteiger partial charge in [0.15, 0.2) is 5.78 Å². The molecule has 0 saturated carbocycles. The summed E-state index contributed by atoms with van der Waals surface area (Å²) in [6.07, 6.45) is 0.350. The van der Waals surface area contributed by atoms with Crippen LogP contribution in [0.1, 0.15) is 49.5 Å². The zero-order valence-corrected chi connectivity index (χ0v) is 15.3. The first-order chi connectivity index (χ1) is 11.8. The fourth-order valence-electron chi connectivity index (χ4n) is 2.43. The van der Waals surface area contributed by atoms with Crippen LogP contribution in [0.5, 0.6) is 5.75 Å². The minimum absolute atomic E-state index is 0.0228. The van der Waals surface area contributed by atoms with Crippen molar-refractivity contribution in [3.63, 3.8) is 0 Å². The molecule has 1 N–H and O–H groups in total. The Hall–Kier alpha value is -2.62. The van der Waals surface area contributed by atoms with Gasteiger partial charge in [0.05, 0.1) is 7.11 Å². The topological polar surface area (TPSA) is 55.4 Å². The number of rotatable bonds is 6. The van der Waals surface area contributed by atoms with Gasteiger partial charge in [-0.05, 0) is 35.2 Å². The number of amides is 1. The Morgan fingerprint density at radius 2 is 1.52 bits per heavy atom. The summed E-state index contributed by atoms with van der Waals surface area (Å²) < 4.78 is 5.07. The van der Waals surface area contributed by atoms with Crippen LogP contribution in [0.2, 0.25) is 0 Å². The van der Waals surface area contributed by atoms with E-state index in [1.54, 1.807) is 31.4 Å². The predicted octanol–water partition coefficient (Wildman–Crippen LogP) is 4.59. The quantitative estimate of drug-likeness (QED) is 0.783. The second-order valence-electron chi connectivity index (χ2n) is 7.03. The summed E-state index contributed by atoms with van der Waals surface area (Å²) in [5.41, 5.74) is 2.57. The fourth-order valence-corrected chi connectivity index (χ4v) is 2.43. The van der Waals surface area contributed by atoms with E-state index in [9.17, 15) is 9.59 Å². The average molecular weight is 339 g/mol. The number of Topliss-reactive ketones (excluding diaryl/α,β-unsaturated/α-hetero) is 1. The monoisotopic (exact) mass is 339 g/mol. The lowest BCUT2D eigenvalue weighted by molar-refractivity contribution is -0.116. The van der Waals surface area contributed by atoms with Crippen molar-refractivity contribution in [2.45, 2.75) is 39.0 Å². The van der Waals surface area contributed by atoms with Gasteiger partial charge in [-0.15, -0.1) is 0 Å². The van der Waals surface area contributed by atoms with Crippen LogP contribution in [0, 0.1) is 0 Å². The molecule has 2 aromatic carbocycles. The van der Waals surface area contributed by atoms with Gasteiger partial charge >= 0.3 is 0 Å². The number of hydrogen-bond donors (Lipinski definition) is 1. The Morgan fingerprint density at radius 1 is 0.920 bits per heavy atom. The standard InChI is InChI=1S/C21H25NO3/c1-21(2,3)16-7-5-15(6-8-16)19(23)13-14-20(24)22-17-9-11-18(25-4)12-10-17/h5-12H,13-14H2,1-4H3,(H,22,24). The second-order valence-corrected chi connectivity index (χ2v) is 7.03. The van der Waals surface area contributed by atoms with E-state index in [4.69, 9.17) is 4.74 Å². The van der Waals surface area contributed by atoms with Gasteiger partial charge in [-0.1, -0.05) is 45.0 Å². The number of anilines is 1.